The topological polar surface area (TPSA) is 84.2 Å². The summed E-state index contributed by atoms with van der Waals surface area (Å²) < 4.78 is 5.44. The molecular formula is C19H16ClN3O3. The number of furan rings is 1. The Bertz CT molecular complexity index is 935. The molecule has 6 nitrogen and oxygen atoms in total. The van der Waals surface area contributed by atoms with Gasteiger partial charge < -0.3 is 15.1 Å². The van der Waals surface area contributed by atoms with Crippen LogP contribution in [0.5, 0.6) is 0 Å². The van der Waals surface area contributed by atoms with E-state index in [9.17, 15) is 9.59 Å². The van der Waals surface area contributed by atoms with Gasteiger partial charge in [-0.3, -0.25) is 9.59 Å². The Morgan fingerprint density at radius 2 is 1.85 bits per heavy atom. The average Bonchev–Trinajstić information content (AvgIpc) is 3.13. The van der Waals surface area contributed by atoms with Crippen molar-refractivity contribution in [1.82, 2.24) is 4.98 Å². The molecule has 3 rings (SSSR count). The lowest BCUT2D eigenvalue weighted by molar-refractivity contribution is 0.0995. The number of amides is 2. The van der Waals surface area contributed by atoms with E-state index in [1.54, 1.807) is 48.5 Å². The van der Waals surface area contributed by atoms with Gasteiger partial charge in [-0.2, -0.15) is 0 Å². The number of anilines is 2. The molecule has 2 aromatic heterocycles. The molecule has 0 aliphatic rings. The molecule has 0 saturated heterocycles. The number of aryl methyl sites for hydroxylation is 1. The van der Waals surface area contributed by atoms with E-state index in [1.807, 2.05) is 6.92 Å². The zero-order valence-electron chi connectivity index (χ0n) is 14.0. The fourth-order valence-corrected chi connectivity index (χ4v) is 2.41. The molecule has 0 saturated carbocycles. The van der Waals surface area contributed by atoms with E-state index in [1.165, 1.54) is 6.20 Å². The first-order valence-corrected chi connectivity index (χ1v) is 8.36. The Kier molecular flexibility index (Phi) is 5.34. The van der Waals surface area contributed by atoms with Crippen LogP contribution in [-0.4, -0.2) is 16.8 Å². The maximum atomic E-state index is 12.5. The van der Waals surface area contributed by atoms with E-state index in [-0.39, 0.29) is 5.76 Å². The Labute approximate surface area is 155 Å². The first-order chi connectivity index (χ1) is 12.6. The second kappa shape index (κ2) is 7.84. The first kappa shape index (κ1) is 17.7. The highest BCUT2D eigenvalue weighted by molar-refractivity contribution is 6.30. The predicted molar refractivity (Wildman–Crippen MR) is 99.7 cm³/mol. The second-order valence-corrected chi connectivity index (χ2v) is 5.87. The first-order valence-electron chi connectivity index (χ1n) is 7.99. The van der Waals surface area contributed by atoms with Crippen molar-refractivity contribution in [2.75, 3.05) is 10.6 Å². The van der Waals surface area contributed by atoms with Gasteiger partial charge in [0.1, 0.15) is 11.6 Å². The Morgan fingerprint density at radius 1 is 1.04 bits per heavy atom. The van der Waals surface area contributed by atoms with Crippen LogP contribution in [-0.2, 0) is 6.42 Å². The van der Waals surface area contributed by atoms with E-state index in [0.29, 0.717) is 28.5 Å². The Balaban J connectivity index is 1.77. The van der Waals surface area contributed by atoms with Crippen molar-refractivity contribution in [3.05, 3.63) is 76.8 Å². The number of halogens is 1. The summed E-state index contributed by atoms with van der Waals surface area (Å²) in [7, 11) is 0. The standard InChI is InChI=1S/C19H16ClN3O3/c1-2-13-8-9-16(26-13)19(25)22-15-6-4-3-5-14(15)18(24)23-17-10-7-12(20)11-21-17/h3-11H,2H2,1H3,(H,22,25)(H,21,23,24). The number of carbonyl (C=O) groups excluding carboxylic acids is 2. The molecule has 2 amide bonds. The quantitative estimate of drug-likeness (QED) is 0.698. The van der Waals surface area contributed by atoms with Crippen molar-refractivity contribution in [1.29, 1.82) is 0 Å². The highest BCUT2D eigenvalue weighted by Crippen LogP contribution is 2.19. The molecule has 2 heterocycles. The van der Waals surface area contributed by atoms with Crippen LogP contribution < -0.4 is 10.6 Å². The molecule has 26 heavy (non-hydrogen) atoms. The highest BCUT2D eigenvalue weighted by atomic mass is 35.5. The maximum absolute atomic E-state index is 12.5. The minimum atomic E-state index is -0.422. The van der Waals surface area contributed by atoms with E-state index in [0.717, 1.165) is 5.76 Å². The van der Waals surface area contributed by atoms with Crippen LogP contribution in [0.4, 0.5) is 11.5 Å². The van der Waals surface area contributed by atoms with E-state index in [4.69, 9.17) is 16.0 Å². The normalized spacial score (nSPS) is 10.4. The summed E-state index contributed by atoms with van der Waals surface area (Å²) in [6, 6.07) is 13.3. The van der Waals surface area contributed by atoms with Gasteiger partial charge in [0.25, 0.3) is 11.8 Å². The average molecular weight is 370 g/mol. The minimum absolute atomic E-state index is 0.191. The van der Waals surface area contributed by atoms with Crippen LogP contribution in [0.1, 0.15) is 33.6 Å². The summed E-state index contributed by atoms with van der Waals surface area (Å²) in [6.45, 7) is 1.94. The van der Waals surface area contributed by atoms with Crippen LogP contribution in [0.3, 0.4) is 0 Å². The van der Waals surface area contributed by atoms with Crippen molar-refractivity contribution < 1.29 is 14.0 Å². The highest BCUT2D eigenvalue weighted by Gasteiger charge is 2.16. The van der Waals surface area contributed by atoms with Crippen LogP contribution in [0, 0.1) is 0 Å². The van der Waals surface area contributed by atoms with E-state index >= 15 is 0 Å². The van der Waals surface area contributed by atoms with Crippen molar-refractivity contribution in [3.63, 3.8) is 0 Å². The van der Waals surface area contributed by atoms with Gasteiger partial charge in [-0.1, -0.05) is 30.7 Å². The summed E-state index contributed by atoms with van der Waals surface area (Å²) >= 11 is 5.79. The SMILES string of the molecule is CCc1ccc(C(=O)Nc2ccccc2C(=O)Nc2ccc(Cl)cn2)o1. The van der Waals surface area contributed by atoms with Crippen molar-refractivity contribution in [2.24, 2.45) is 0 Å². The third kappa shape index (κ3) is 4.10. The fourth-order valence-electron chi connectivity index (χ4n) is 2.30. The predicted octanol–water partition coefficient (Wildman–Crippen LogP) is 4.40. The zero-order valence-corrected chi connectivity index (χ0v) is 14.7. The van der Waals surface area contributed by atoms with Crippen LogP contribution in [0.25, 0.3) is 0 Å². The minimum Gasteiger partial charge on any atom is -0.456 e. The fraction of sp³-hybridized carbons (Fsp3) is 0.105. The van der Waals surface area contributed by atoms with Gasteiger partial charge in [0.2, 0.25) is 0 Å². The lowest BCUT2D eigenvalue weighted by Gasteiger charge is -2.10. The van der Waals surface area contributed by atoms with E-state index in [2.05, 4.69) is 15.6 Å². The summed E-state index contributed by atoms with van der Waals surface area (Å²) in [6.07, 6.45) is 2.13. The third-order valence-corrected chi connectivity index (χ3v) is 3.85. The molecule has 1 aromatic carbocycles. The maximum Gasteiger partial charge on any atom is 0.291 e. The van der Waals surface area contributed by atoms with Gasteiger partial charge in [0.05, 0.1) is 16.3 Å². The van der Waals surface area contributed by atoms with Crippen LogP contribution in [0.15, 0.2) is 59.1 Å². The number of hydrogen-bond acceptors (Lipinski definition) is 4. The van der Waals surface area contributed by atoms with Gasteiger partial charge in [0, 0.05) is 12.6 Å². The molecule has 0 fully saturated rings. The van der Waals surface area contributed by atoms with E-state index < -0.39 is 11.8 Å². The molecule has 7 heteroatoms. The molecule has 0 atom stereocenters. The summed E-state index contributed by atoms with van der Waals surface area (Å²) in [5.41, 5.74) is 0.679. The molecule has 0 spiro atoms. The number of nitrogens with zero attached hydrogens (tertiary/aromatic N) is 1. The number of benzene rings is 1. The van der Waals surface area contributed by atoms with Crippen LogP contribution >= 0.6 is 11.6 Å². The monoisotopic (exact) mass is 369 g/mol. The van der Waals surface area contributed by atoms with Gasteiger partial charge in [0.15, 0.2) is 5.76 Å². The Morgan fingerprint density at radius 3 is 2.54 bits per heavy atom. The molecule has 132 valence electrons. The Hall–Kier alpha value is -3.12. The molecule has 0 aliphatic heterocycles. The van der Waals surface area contributed by atoms with Gasteiger partial charge in [-0.15, -0.1) is 0 Å². The van der Waals surface area contributed by atoms with Crippen molar-refractivity contribution >= 4 is 34.9 Å². The number of para-hydroxylation sites is 1. The summed E-state index contributed by atoms with van der Waals surface area (Å²) in [4.78, 5) is 28.9. The summed E-state index contributed by atoms with van der Waals surface area (Å²) in [5, 5.41) is 5.85. The lowest BCUT2D eigenvalue weighted by atomic mass is 10.1. The summed E-state index contributed by atoms with van der Waals surface area (Å²) in [5.74, 6) is 0.449. The number of carbonyl (C=O) groups is 2. The molecule has 0 bridgehead atoms. The lowest BCUT2D eigenvalue weighted by Crippen LogP contribution is -2.18. The van der Waals surface area contributed by atoms with Gasteiger partial charge >= 0.3 is 0 Å². The number of nitrogens with one attached hydrogen (secondary N) is 2. The zero-order chi connectivity index (χ0) is 18.5. The molecular weight excluding hydrogens is 354 g/mol. The largest absolute Gasteiger partial charge is 0.456 e. The van der Waals surface area contributed by atoms with Crippen molar-refractivity contribution in [3.8, 4) is 0 Å². The van der Waals surface area contributed by atoms with Crippen molar-refractivity contribution in [2.45, 2.75) is 13.3 Å². The number of hydrogen-bond donors (Lipinski definition) is 2. The van der Waals surface area contributed by atoms with Crippen LogP contribution in [0.2, 0.25) is 5.02 Å². The number of aromatic nitrogens is 1. The third-order valence-electron chi connectivity index (χ3n) is 3.62. The smallest absolute Gasteiger partial charge is 0.291 e. The van der Waals surface area contributed by atoms with Gasteiger partial charge in [-0.25, -0.2) is 4.98 Å². The molecule has 3 aromatic rings. The molecule has 0 unspecified atom stereocenters. The molecule has 0 radical (unpaired) electrons. The second-order valence-electron chi connectivity index (χ2n) is 5.44. The molecule has 0 aliphatic carbocycles. The number of pyridine rings is 1. The molecule has 2 N–H and O–H groups in total. The number of rotatable bonds is 5. The van der Waals surface area contributed by atoms with Gasteiger partial charge in [-0.05, 0) is 36.4 Å².